The van der Waals surface area contributed by atoms with E-state index in [9.17, 15) is 9.36 Å². The van der Waals surface area contributed by atoms with E-state index in [1.807, 2.05) is 20.8 Å². The number of nitrogens with one attached hydrogen (secondary N) is 1. The molecule has 2 atom stereocenters. The summed E-state index contributed by atoms with van der Waals surface area (Å²) in [6, 6.07) is 7.83. The predicted octanol–water partition coefficient (Wildman–Crippen LogP) is 4.53. The van der Waals surface area contributed by atoms with Gasteiger partial charge in [0.15, 0.2) is 0 Å². The predicted molar refractivity (Wildman–Crippen MR) is 98.8 cm³/mol. The summed E-state index contributed by atoms with van der Waals surface area (Å²) in [4.78, 5) is 16.2. The third-order valence-electron chi connectivity index (χ3n) is 3.17. The number of fused-ring (bicyclic) bond motifs is 1. The molecule has 0 fully saturated rings. The molecule has 0 saturated carbocycles. The van der Waals surface area contributed by atoms with Crippen LogP contribution in [0.2, 0.25) is 0 Å². The second kappa shape index (κ2) is 7.73. The van der Waals surface area contributed by atoms with Gasteiger partial charge in [0.05, 0.1) is 12.1 Å². The second-order valence-electron chi connectivity index (χ2n) is 6.92. The zero-order valence-corrected chi connectivity index (χ0v) is 16.3. The van der Waals surface area contributed by atoms with Crippen LogP contribution in [-0.4, -0.2) is 23.6 Å². The molecular weight excluding hydrogens is 363 g/mol. The van der Waals surface area contributed by atoms with Crippen molar-refractivity contribution in [3.8, 4) is 5.75 Å². The zero-order valence-electron chi connectivity index (χ0n) is 14.7. The van der Waals surface area contributed by atoms with Gasteiger partial charge in [-0.25, -0.2) is 9.65 Å². The molecule has 2 rings (SSSR count). The lowest BCUT2D eigenvalue weighted by atomic mass is 9.99. The molecule has 136 valence electrons. The first-order valence-electron chi connectivity index (χ1n) is 7.85. The standard InChI is InChI=1S/C17H22ClN2O4P/c1-12(16(21)23-11-17(2,3)4)20-25(18,22)24-15-9-5-8-14-13(15)7-6-10-19-14/h5-10,12H,11H2,1-4H3,(H,20,22). The lowest BCUT2D eigenvalue weighted by Gasteiger charge is -2.22. The van der Waals surface area contributed by atoms with Gasteiger partial charge in [-0.2, -0.15) is 0 Å². The van der Waals surface area contributed by atoms with Crippen molar-refractivity contribution in [2.45, 2.75) is 33.7 Å². The van der Waals surface area contributed by atoms with Gasteiger partial charge in [0.2, 0.25) is 0 Å². The molecule has 1 heterocycles. The maximum atomic E-state index is 12.5. The third kappa shape index (κ3) is 5.99. The summed E-state index contributed by atoms with van der Waals surface area (Å²) >= 11 is 5.99. The maximum absolute atomic E-state index is 12.5. The van der Waals surface area contributed by atoms with E-state index < -0.39 is 18.9 Å². The Morgan fingerprint density at radius 2 is 2.04 bits per heavy atom. The summed E-state index contributed by atoms with van der Waals surface area (Å²) in [6.45, 7) is 3.81. The summed E-state index contributed by atoms with van der Waals surface area (Å²) < 4.78 is 23.2. The van der Waals surface area contributed by atoms with Gasteiger partial charge in [-0.3, -0.25) is 9.78 Å². The van der Waals surface area contributed by atoms with Crippen molar-refractivity contribution >= 4 is 35.0 Å². The number of carbonyl (C=O) groups excluding carboxylic acids is 1. The molecule has 0 amide bonds. The van der Waals surface area contributed by atoms with Crippen LogP contribution in [0.3, 0.4) is 0 Å². The van der Waals surface area contributed by atoms with E-state index in [4.69, 9.17) is 20.5 Å². The van der Waals surface area contributed by atoms with E-state index in [0.29, 0.717) is 16.7 Å². The van der Waals surface area contributed by atoms with Crippen LogP contribution >= 0.6 is 18.1 Å². The molecule has 1 aromatic heterocycles. The minimum atomic E-state index is -3.80. The summed E-state index contributed by atoms with van der Waals surface area (Å²) in [5, 5.41) is 3.19. The summed E-state index contributed by atoms with van der Waals surface area (Å²) in [5.74, 6) is -0.217. The molecule has 2 aromatic rings. The lowest BCUT2D eigenvalue weighted by Crippen LogP contribution is -2.35. The van der Waals surface area contributed by atoms with Crippen LogP contribution in [0.15, 0.2) is 36.5 Å². The van der Waals surface area contributed by atoms with Crippen molar-refractivity contribution in [2.75, 3.05) is 6.61 Å². The Morgan fingerprint density at radius 1 is 1.32 bits per heavy atom. The van der Waals surface area contributed by atoms with Crippen molar-refractivity contribution < 1.29 is 18.6 Å². The minimum Gasteiger partial charge on any atom is -0.464 e. The van der Waals surface area contributed by atoms with Crippen LogP contribution in [0.5, 0.6) is 5.75 Å². The molecule has 0 aliphatic heterocycles. The fourth-order valence-corrected chi connectivity index (χ4v) is 3.70. The Hall–Kier alpha value is -1.62. The van der Waals surface area contributed by atoms with Gasteiger partial charge in [0.25, 0.3) is 0 Å². The summed E-state index contributed by atoms with van der Waals surface area (Å²) in [7, 11) is 0. The minimum absolute atomic E-state index is 0.160. The number of benzene rings is 1. The first kappa shape index (κ1) is 19.7. The van der Waals surface area contributed by atoms with Crippen molar-refractivity contribution in [1.29, 1.82) is 0 Å². The Morgan fingerprint density at radius 3 is 2.72 bits per heavy atom. The van der Waals surface area contributed by atoms with Gasteiger partial charge in [0.1, 0.15) is 11.8 Å². The van der Waals surface area contributed by atoms with Crippen molar-refractivity contribution in [3.63, 3.8) is 0 Å². The van der Waals surface area contributed by atoms with Gasteiger partial charge in [0, 0.05) is 22.8 Å². The van der Waals surface area contributed by atoms with E-state index in [0.717, 1.165) is 0 Å². The number of carbonyl (C=O) groups is 1. The summed E-state index contributed by atoms with van der Waals surface area (Å²) in [6.07, 6.45) is 1.65. The Bertz CT molecular complexity index is 801. The molecule has 1 aromatic carbocycles. The highest BCUT2D eigenvalue weighted by atomic mass is 35.7. The van der Waals surface area contributed by atoms with Gasteiger partial charge >= 0.3 is 12.8 Å². The number of hydrogen-bond donors (Lipinski definition) is 1. The molecule has 8 heteroatoms. The second-order valence-corrected chi connectivity index (χ2v) is 9.65. The number of halogens is 1. The normalized spacial score (nSPS) is 15.4. The first-order chi connectivity index (χ1) is 11.6. The van der Waals surface area contributed by atoms with Crippen LogP contribution in [0, 0.1) is 5.41 Å². The van der Waals surface area contributed by atoms with Gasteiger partial charge in [-0.1, -0.05) is 26.8 Å². The van der Waals surface area contributed by atoms with Gasteiger partial charge in [-0.05, 0) is 36.6 Å². The SMILES string of the molecule is CC(NP(=O)(Cl)Oc1cccc2ncccc12)C(=O)OCC(C)(C)C. The monoisotopic (exact) mass is 384 g/mol. The molecule has 2 unspecified atom stereocenters. The van der Waals surface area contributed by atoms with Gasteiger partial charge < -0.3 is 9.26 Å². The first-order valence-corrected chi connectivity index (χ1v) is 10.4. The highest BCUT2D eigenvalue weighted by Crippen LogP contribution is 2.49. The van der Waals surface area contributed by atoms with Crippen LogP contribution < -0.4 is 9.61 Å². The highest BCUT2D eigenvalue weighted by Gasteiger charge is 2.29. The third-order valence-corrected chi connectivity index (χ3v) is 4.80. The van der Waals surface area contributed by atoms with Crippen LogP contribution in [-0.2, 0) is 14.1 Å². The molecule has 0 radical (unpaired) electrons. The van der Waals surface area contributed by atoms with E-state index in [-0.39, 0.29) is 12.0 Å². The molecule has 0 spiro atoms. The zero-order chi connectivity index (χ0) is 18.7. The van der Waals surface area contributed by atoms with Crippen LogP contribution in [0.1, 0.15) is 27.7 Å². The maximum Gasteiger partial charge on any atom is 0.409 e. The average Bonchev–Trinajstić information content (AvgIpc) is 2.51. The molecule has 6 nitrogen and oxygen atoms in total. The highest BCUT2D eigenvalue weighted by molar-refractivity contribution is 7.84. The number of nitrogens with zero attached hydrogens (tertiary/aromatic N) is 1. The van der Waals surface area contributed by atoms with Crippen LogP contribution in [0.25, 0.3) is 10.9 Å². The van der Waals surface area contributed by atoms with Crippen molar-refractivity contribution in [2.24, 2.45) is 5.41 Å². The van der Waals surface area contributed by atoms with Crippen molar-refractivity contribution in [3.05, 3.63) is 36.5 Å². The Kier molecular flexibility index (Phi) is 6.09. The number of aromatic nitrogens is 1. The number of pyridine rings is 1. The largest absolute Gasteiger partial charge is 0.464 e. The van der Waals surface area contributed by atoms with E-state index in [1.54, 1.807) is 36.5 Å². The number of esters is 1. The molecule has 0 aliphatic rings. The molecule has 25 heavy (non-hydrogen) atoms. The lowest BCUT2D eigenvalue weighted by molar-refractivity contribution is -0.147. The molecule has 0 bridgehead atoms. The van der Waals surface area contributed by atoms with E-state index in [2.05, 4.69) is 10.1 Å². The fraction of sp³-hybridized carbons (Fsp3) is 0.412. The molecule has 0 aliphatic carbocycles. The van der Waals surface area contributed by atoms with Crippen LogP contribution in [0.4, 0.5) is 0 Å². The smallest absolute Gasteiger partial charge is 0.409 e. The number of rotatable bonds is 6. The van der Waals surface area contributed by atoms with Crippen molar-refractivity contribution in [1.82, 2.24) is 10.1 Å². The van der Waals surface area contributed by atoms with E-state index >= 15 is 0 Å². The molecule has 0 saturated heterocycles. The molecular formula is C17H22ClN2O4P. The molecule has 1 N–H and O–H groups in total. The Labute approximate surface area is 152 Å². The topological polar surface area (TPSA) is 77.5 Å². The van der Waals surface area contributed by atoms with Gasteiger partial charge in [-0.15, -0.1) is 0 Å². The Balaban J connectivity index is 2.06. The number of hydrogen-bond acceptors (Lipinski definition) is 5. The quantitative estimate of drug-likeness (QED) is 0.582. The summed E-state index contributed by atoms with van der Waals surface area (Å²) in [5.41, 5.74) is 0.529. The number of ether oxygens (including phenoxy) is 1. The average molecular weight is 385 g/mol. The van der Waals surface area contributed by atoms with E-state index in [1.165, 1.54) is 6.92 Å². The fourth-order valence-electron chi connectivity index (χ4n) is 2.00.